The molecule has 1 heterocycles. The second-order valence-electron chi connectivity index (χ2n) is 6.93. The summed E-state index contributed by atoms with van der Waals surface area (Å²) in [4.78, 5) is 0. The molecular weight excluding hydrogens is 346 g/mol. The lowest BCUT2D eigenvalue weighted by molar-refractivity contribution is 0.334. The molecule has 0 radical (unpaired) electrons. The van der Waals surface area contributed by atoms with E-state index in [0.717, 1.165) is 25.4 Å². The van der Waals surface area contributed by atoms with Crippen molar-refractivity contribution in [1.29, 1.82) is 0 Å². The standard InChI is InChI=1S/C21H26BrN/c1-16-3-7-19(8-4-16)21(22,15-18-11-13-23-14-12-18)20-9-5-17(2)6-10-20/h3-10,18,23H,11-15H2,1-2H3. The first kappa shape index (κ1) is 16.7. The highest BCUT2D eigenvalue weighted by molar-refractivity contribution is 9.09. The zero-order valence-corrected chi connectivity index (χ0v) is 15.7. The summed E-state index contributed by atoms with van der Waals surface area (Å²) >= 11 is 4.17. The van der Waals surface area contributed by atoms with Crippen LogP contribution in [0.5, 0.6) is 0 Å². The number of alkyl halides is 1. The fourth-order valence-electron chi connectivity index (χ4n) is 3.52. The van der Waals surface area contributed by atoms with E-state index in [1.54, 1.807) is 0 Å². The number of aryl methyl sites for hydroxylation is 2. The first-order valence-corrected chi connectivity index (χ1v) is 9.41. The fraction of sp³-hybridized carbons (Fsp3) is 0.429. The van der Waals surface area contributed by atoms with Crippen molar-refractivity contribution in [2.24, 2.45) is 5.92 Å². The van der Waals surface area contributed by atoms with E-state index in [4.69, 9.17) is 0 Å². The molecule has 1 nitrogen and oxygen atoms in total. The van der Waals surface area contributed by atoms with E-state index in [0.29, 0.717) is 0 Å². The number of nitrogens with one attached hydrogen (secondary N) is 1. The summed E-state index contributed by atoms with van der Waals surface area (Å²) in [5.41, 5.74) is 5.36. The first-order chi connectivity index (χ1) is 11.1. The van der Waals surface area contributed by atoms with Gasteiger partial charge in [0.15, 0.2) is 0 Å². The van der Waals surface area contributed by atoms with E-state index in [2.05, 4.69) is 83.6 Å². The van der Waals surface area contributed by atoms with Gasteiger partial charge < -0.3 is 5.32 Å². The minimum absolute atomic E-state index is 0.0869. The van der Waals surface area contributed by atoms with Crippen molar-refractivity contribution in [3.05, 3.63) is 70.8 Å². The van der Waals surface area contributed by atoms with Gasteiger partial charge in [0, 0.05) is 0 Å². The molecule has 1 aliphatic rings. The van der Waals surface area contributed by atoms with Crippen LogP contribution in [-0.4, -0.2) is 13.1 Å². The Hall–Kier alpha value is -1.12. The Morgan fingerprint density at radius 3 is 1.74 bits per heavy atom. The lowest BCUT2D eigenvalue weighted by Gasteiger charge is -2.35. The molecule has 1 N–H and O–H groups in total. The van der Waals surface area contributed by atoms with E-state index in [1.807, 2.05) is 0 Å². The van der Waals surface area contributed by atoms with Gasteiger partial charge in [-0.2, -0.15) is 0 Å². The first-order valence-electron chi connectivity index (χ1n) is 8.62. The Labute approximate surface area is 148 Å². The van der Waals surface area contributed by atoms with Crippen LogP contribution in [0, 0.1) is 19.8 Å². The van der Waals surface area contributed by atoms with E-state index in [1.165, 1.54) is 35.1 Å². The molecule has 23 heavy (non-hydrogen) atoms. The van der Waals surface area contributed by atoms with Crippen LogP contribution in [0.1, 0.15) is 41.5 Å². The highest BCUT2D eigenvalue weighted by atomic mass is 79.9. The van der Waals surface area contributed by atoms with Gasteiger partial charge in [-0.25, -0.2) is 0 Å². The van der Waals surface area contributed by atoms with Crippen molar-refractivity contribution >= 4 is 15.9 Å². The van der Waals surface area contributed by atoms with Crippen molar-refractivity contribution in [2.45, 2.75) is 37.4 Å². The maximum atomic E-state index is 4.17. The number of rotatable bonds is 4. The molecule has 2 heteroatoms. The van der Waals surface area contributed by atoms with Gasteiger partial charge in [-0.1, -0.05) is 75.6 Å². The van der Waals surface area contributed by atoms with Crippen LogP contribution in [0.2, 0.25) is 0 Å². The Balaban J connectivity index is 1.97. The molecule has 2 aromatic rings. The van der Waals surface area contributed by atoms with Crippen LogP contribution >= 0.6 is 15.9 Å². The highest BCUT2D eigenvalue weighted by Gasteiger charge is 2.34. The molecule has 0 aromatic heterocycles. The molecular formula is C21H26BrN. The molecule has 0 saturated carbocycles. The molecule has 3 rings (SSSR count). The van der Waals surface area contributed by atoms with Crippen molar-refractivity contribution in [3.8, 4) is 0 Å². The van der Waals surface area contributed by atoms with Gasteiger partial charge in [0.2, 0.25) is 0 Å². The third-order valence-electron chi connectivity index (χ3n) is 5.05. The van der Waals surface area contributed by atoms with E-state index >= 15 is 0 Å². The topological polar surface area (TPSA) is 12.0 Å². The van der Waals surface area contributed by atoms with Gasteiger partial charge >= 0.3 is 0 Å². The van der Waals surface area contributed by atoms with Gasteiger partial charge in [0.1, 0.15) is 0 Å². The number of hydrogen-bond donors (Lipinski definition) is 1. The van der Waals surface area contributed by atoms with Gasteiger partial charge in [-0.3, -0.25) is 0 Å². The maximum Gasteiger partial charge on any atom is 0.0757 e. The minimum Gasteiger partial charge on any atom is -0.317 e. The quantitative estimate of drug-likeness (QED) is 0.715. The maximum absolute atomic E-state index is 4.17. The Morgan fingerprint density at radius 2 is 1.30 bits per heavy atom. The number of piperidine rings is 1. The van der Waals surface area contributed by atoms with Crippen LogP contribution in [0.4, 0.5) is 0 Å². The number of hydrogen-bond acceptors (Lipinski definition) is 1. The third kappa shape index (κ3) is 3.87. The average molecular weight is 372 g/mol. The van der Waals surface area contributed by atoms with Crippen molar-refractivity contribution in [1.82, 2.24) is 5.32 Å². The normalized spacial score (nSPS) is 16.5. The predicted molar refractivity (Wildman–Crippen MR) is 102 cm³/mol. The molecule has 1 aliphatic heterocycles. The summed E-state index contributed by atoms with van der Waals surface area (Å²) in [5, 5.41) is 3.48. The van der Waals surface area contributed by atoms with Crippen LogP contribution in [0.15, 0.2) is 48.5 Å². The molecule has 0 unspecified atom stereocenters. The summed E-state index contributed by atoms with van der Waals surface area (Å²) in [6.45, 7) is 6.60. The van der Waals surface area contributed by atoms with E-state index in [9.17, 15) is 0 Å². The number of benzene rings is 2. The predicted octanol–water partition coefficient (Wildman–Crippen LogP) is 5.33. The van der Waals surface area contributed by atoms with Crippen molar-refractivity contribution in [3.63, 3.8) is 0 Å². The summed E-state index contributed by atoms with van der Waals surface area (Å²) in [5.74, 6) is 0.762. The van der Waals surface area contributed by atoms with Gasteiger partial charge in [-0.15, -0.1) is 0 Å². The highest BCUT2D eigenvalue weighted by Crippen LogP contribution is 2.45. The largest absolute Gasteiger partial charge is 0.317 e. The zero-order chi connectivity index (χ0) is 16.3. The molecule has 0 atom stereocenters. The lowest BCUT2D eigenvalue weighted by atomic mass is 9.80. The van der Waals surface area contributed by atoms with E-state index < -0.39 is 0 Å². The second-order valence-corrected chi connectivity index (χ2v) is 8.28. The second kappa shape index (κ2) is 7.19. The lowest BCUT2D eigenvalue weighted by Crippen LogP contribution is -2.32. The van der Waals surface area contributed by atoms with Crippen molar-refractivity contribution < 1.29 is 0 Å². The van der Waals surface area contributed by atoms with Crippen LogP contribution in [-0.2, 0) is 4.32 Å². The summed E-state index contributed by atoms with van der Waals surface area (Å²) in [6, 6.07) is 18.0. The Morgan fingerprint density at radius 1 is 0.870 bits per heavy atom. The smallest absolute Gasteiger partial charge is 0.0757 e. The van der Waals surface area contributed by atoms with Gasteiger partial charge in [0.05, 0.1) is 4.32 Å². The van der Waals surface area contributed by atoms with Crippen LogP contribution in [0.3, 0.4) is 0 Å². The third-order valence-corrected chi connectivity index (χ3v) is 6.29. The SMILES string of the molecule is Cc1ccc(C(Br)(CC2CCNCC2)c2ccc(C)cc2)cc1. The van der Waals surface area contributed by atoms with Crippen LogP contribution in [0.25, 0.3) is 0 Å². The molecule has 0 aliphatic carbocycles. The molecule has 0 amide bonds. The van der Waals surface area contributed by atoms with Gasteiger partial charge in [0.25, 0.3) is 0 Å². The molecule has 1 saturated heterocycles. The summed E-state index contributed by atoms with van der Waals surface area (Å²) < 4.78 is -0.0869. The Bertz CT molecular complexity index is 578. The molecule has 0 bridgehead atoms. The average Bonchev–Trinajstić information content (AvgIpc) is 2.57. The number of halogens is 1. The molecule has 1 fully saturated rings. The van der Waals surface area contributed by atoms with Gasteiger partial charge in [-0.05, 0) is 63.2 Å². The monoisotopic (exact) mass is 371 g/mol. The summed E-state index contributed by atoms with van der Waals surface area (Å²) in [7, 11) is 0. The molecule has 0 spiro atoms. The van der Waals surface area contributed by atoms with Crippen molar-refractivity contribution in [2.75, 3.05) is 13.1 Å². The summed E-state index contributed by atoms with van der Waals surface area (Å²) in [6.07, 6.45) is 3.69. The fourth-order valence-corrected chi connectivity index (χ4v) is 4.51. The Kier molecular flexibility index (Phi) is 5.23. The van der Waals surface area contributed by atoms with Crippen LogP contribution < -0.4 is 5.32 Å². The minimum atomic E-state index is -0.0869. The zero-order valence-electron chi connectivity index (χ0n) is 14.1. The molecule has 122 valence electrons. The molecule has 2 aromatic carbocycles. The van der Waals surface area contributed by atoms with E-state index in [-0.39, 0.29) is 4.32 Å².